The van der Waals surface area contributed by atoms with Crippen LogP contribution in [0.3, 0.4) is 0 Å². The lowest BCUT2D eigenvalue weighted by Gasteiger charge is -2.21. The first-order valence-electron chi connectivity index (χ1n) is 8.30. The molecule has 1 aliphatic carbocycles. The molecule has 2 aromatic rings. The van der Waals surface area contributed by atoms with Gasteiger partial charge in [-0.15, -0.1) is 10.2 Å². The zero-order chi connectivity index (χ0) is 17.4. The predicted octanol–water partition coefficient (Wildman–Crippen LogP) is 3.45. The molecule has 4 rings (SSSR count). The molecule has 1 aromatic carbocycles. The Morgan fingerprint density at radius 2 is 2.00 bits per heavy atom. The molecule has 1 aromatic heterocycles. The van der Waals surface area contributed by atoms with Gasteiger partial charge in [-0.1, -0.05) is 29.4 Å². The molecule has 25 heavy (non-hydrogen) atoms. The highest BCUT2D eigenvalue weighted by molar-refractivity contribution is 7.15. The molecule has 1 unspecified atom stereocenters. The molecule has 0 spiro atoms. The summed E-state index contributed by atoms with van der Waals surface area (Å²) in [7, 11) is 0. The summed E-state index contributed by atoms with van der Waals surface area (Å²) < 4.78 is 0. The Bertz CT molecular complexity index is 803. The standard InChI is InChI=1S/C17H17ClN4O2S/c18-12-4-6-13(7-5-12)22-9-11(8-14(22)23)15(24)19-17-21-20-16(25-17)10-2-1-3-10/h4-7,10-11H,1-3,8-9H2,(H,19,21,24). The van der Waals surface area contributed by atoms with Gasteiger partial charge in [0.2, 0.25) is 16.9 Å². The van der Waals surface area contributed by atoms with Gasteiger partial charge in [0.15, 0.2) is 0 Å². The number of aromatic nitrogens is 2. The van der Waals surface area contributed by atoms with Gasteiger partial charge in [-0.25, -0.2) is 0 Å². The van der Waals surface area contributed by atoms with Crippen molar-refractivity contribution < 1.29 is 9.59 Å². The van der Waals surface area contributed by atoms with Crippen molar-refractivity contribution in [2.45, 2.75) is 31.6 Å². The molecule has 1 N–H and O–H groups in total. The first-order valence-corrected chi connectivity index (χ1v) is 9.50. The molecule has 2 fully saturated rings. The number of benzene rings is 1. The number of nitrogens with one attached hydrogen (secondary N) is 1. The smallest absolute Gasteiger partial charge is 0.231 e. The van der Waals surface area contributed by atoms with Gasteiger partial charge in [-0.2, -0.15) is 0 Å². The van der Waals surface area contributed by atoms with Crippen LogP contribution in [0.4, 0.5) is 10.8 Å². The van der Waals surface area contributed by atoms with Gasteiger partial charge < -0.3 is 10.2 Å². The number of halogens is 1. The quantitative estimate of drug-likeness (QED) is 0.886. The fourth-order valence-corrected chi connectivity index (χ4v) is 4.11. The Balaban J connectivity index is 1.40. The minimum atomic E-state index is -0.390. The summed E-state index contributed by atoms with van der Waals surface area (Å²) in [6.45, 7) is 0.362. The van der Waals surface area contributed by atoms with Gasteiger partial charge in [-0.3, -0.25) is 9.59 Å². The van der Waals surface area contributed by atoms with Crippen LogP contribution in [0.15, 0.2) is 24.3 Å². The van der Waals surface area contributed by atoms with Crippen molar-refractivity contribution >= 4 is 45.6 Å². The molecular weight excluding hydrogens is 360 g/mol. The second-order valence-corrected chi connectivity index (χ2v) is 7.89. The lowest BCUT2D eigenvalue weighted by Crippen LogP contribution is -2.28. The third-order valence-corrected chi connectivity index (χ3v) is 6.01. The first-order chi connectivity index (χ1) is 12.1. The number of nitrogens with zero attached hydrogens (tertiary/aromatic N) is 3. The molecule has 1 atom stereocenters. The second-order valence-electron chi connectivity index (χ2n) is 6.44. The fraction of sp³-hybridized carbons (Fsp3) is 0.412. The van der Waals surface area contributed by atoms with E-state index in [1.54, 1.807) is 29.2 Å². The molecule has 2 aliphatic rings. The summed E-state index contributed by atoms with van der Waals surface area (Å²) in [6, 6.07) is 7.05. The largest absolute Gasteiger partial charge is 0.312 e. The topological polar surface area (TPSA) is 75.2 Å². The van der Waals surface area contributed by atoms with Crippen LogP contribution in [0.1, 0.15) is 36.6 Å². The number of hydrogen-bond donors (Lipinski definition) is 1. The molecule has 8 heteroatoms. The molecule has 1 saturated carbocycles. The zero-order valence-electron chi connectivity index (χ0n) is 13.4. The van der Waals surface area contributed by atoms with Gasteiger partial charge in [0.25, 0.3) is 0 Å². The molecule has 130 valence electrons. The van der Waals surface area contributed by atoms with Crippen LogP contribution >= 0.6 is 22.9 Å². The van der Waals surface area contributed by atoms with E-state index in [0.717, 1.165) is 23.5 Å². The third kappa shape index (κ3) is 3.39. The van der Waals surface area contributed by atoms with E-state index in [4.69, 9.17) is 11.6 Å². The molecule has 6 nitrogen and oxygen atoms in total. The number of carbonyl (C=O) groups is 2. The van der Waals surface area contributed by atoms with Gasteiger partial charge in [0, 0.05) is 29.6 Å². The van der Waals surface area contributed by atoms with E-state index >= 15 is 0 Å². The third-order valence-electron chi connectivity index (χ3n) is 4.76. The van der Waals surface area contributed by atoms with E-state index in [-0.39, 0.29) is 24.2 Å². The van der Waals surface area contributed by atoms with Gasteiger partial charge >= 0.3 is 0 Å². The number of hydrogen-bond acceptors (Lipinski definition) is 5. The van der Waals surface area contributed by atoms with Crippen LogP contribution in [0.5, 0.6) is 0 Å². The number of anilines is 2. The maximum atomic E-state index is 12.5. The normalized spacial score (nSPS) is 20.6. The Morgan fingerprint density at radius 1 is 1.24 bits per heavy atom. The summed E-state index contributed by atoms with van der Waals surface area (Å²) in [4.78, 5) is 26.4. The minimum Gasteiger partial charge on any atom is -0.312 e. The summed E-state index contributed by atoms with van der Waals surface area (Å²) in [5, 5.41) is 13.2. The van der Waals surface area contributed by atoms with Gasteiger partial charge in [0.1, 0.15) is 5.01 Å². The average molecular weight is 377 g/mol. The summed E-state index contributed by atoms with van der Waals surface area (Å²) in [6.07, 6.45) is 3.73. The number of amides is 2. The van der Waals surface area contributed by atoms with Crippen LogP contribution in [0.25, 0.3) is 0 Å². The molecular formula is C17H17ClN4O2S. The molecule has 0 bridgehead atoms. The molecule has 2 amide bonds. The maximum Gasteiger partial charge on any atom is 0.231 e. The first kappa shape index (κ1) is 16.5. The van der Waals surface area contributed by atoms with E-state index in [0.29, 0.717) is 22.6 Å². The minimum absolute atomic E-state index is 0.0603. The SMILES string of the molecule is O=C(Nc1nnc(C2CCC2)s1)C1CC(=O)N(c2ccc(Cl)cc2)C1. The Hall–Kier alpha value is -1.99. The Labute approximate surface area is 154 Å². The van der Waals surface area contributed by atoms with Crippen molar-refractivity contribution in [2.75, 3.05) is 16.8 Å². The van der Waals surface area contributed by atoms with E-state index in [1.165, 1.54) is 17.8 Å². The highest BCUT2D eigenvalue weighted by atomic mass is 35.5. The average Bonchev–Trinajstić information content (AvgIpc) is 3.14. The molecule has 0 radical (unpaired) electrons. The van der Waals surface area contributed by atoms with E-state index in [1.807, 2.05) is 0 Å². The highest BCUT2D eigenvalue weighted by Crippen LogP contribution is 2.38. The van der Waals surface area contributed by atoms with Gasteiger partial charge in [0.05, 0.1) is 5.92 Å². The lowest BCUT2D eigenvalue weighted by molar-refractivity contribution is -0.122. The van der Waals surface area contributed by atoms with Crippen molar-refractivity contribution in [3.05, 3.63) is 34.3 Å². The van der Waals surface area contributed by atoms with Gasteiger partial charge in [-0.05, 0) is 37.1 Å². The highest BCUT2D eigenvalue weighted by Gasteiger charge is 2.35. The zero-order valence-corrected chi connectivity index (χ0v) is 15.0. The maximum absolute atomic E-state index is 12.5. The Kier molecular flexibility index (Phi) is 4.43. The van der Waals surface area contributed by atoms with E-state index in [9.17, 15) is 9.59 Å². The van der Waals surface area contributed by atoms with Crippen molar-refractivity contribution in [1.29, 1.82) is 0 Å². The predicted molar refractivity (Wildman–Crippen MR) is 97.0 cm³/mol. The molecule has 1 saturated heterocycles. The molecule has 2 heterocycles. The van der Waals surface area contributed by atoms with Crippen molar-refractivity contribution in [1.82, 2.24) is 10.2 Å². The second kappa shape index (κ2) is 6.72. The Morgan fingerprint density at radius 3 is 2.68 bits per heavy atom. The molecule has 1 aliphatic heterocycles. The number of rotatable bonds is 4. The summed E-state index contributed by atoms with van der Waals surface area (Å²) in [5.41, 5.74) is 0.757. The summed E-state index contributed by atoms with van der Waals surface area (Å²) >= 11 is 7.32. The van der Waals surface area contributed by atoms with Crippen LogP contribution in [-0.4, -0.2) is 28.6 Å². The van der Waals surface area contributed by atoms with E-state index in [2.05, 4.69) is 15.5 Å². The van der Waals surface area contributed by atoms with Crippen LogP contribution in [-0.2, 0) is 9.59 Å². The van der Waals surface area contributed by atoms with Crippen molar-refractivity contribution in [3.63, 3.8) is 0 Å². The van der Waals surface area contributed by atoms with Crippen LogP contribution in [0, 0.1) is 5.92 Å². The summed E-state index contributed by atoms with van der Waals surface area (Å²) in [5.74, 6) is -0.133. The van der Waals surface area contributed by atoms with Crippen LogP contribution < -0.4 is 10.2 Å². The fourth-order valence-electron chi connectivity index (χ4n) is 3.07. The lowest BCUT2D eigenvalue weighted by atomic mass is 9.86. The van der Waals surface area contributed by atoms with Crippen LogP contribution in [0.2, 0.25) is 5.02 Å². The van der Waals surface area contributed by atoms with E-state index < -0.39 is 0 Å². The van der Waals surface area contributed by atoms with Crippen molar-refractivity contribution in [3.8, 4) is 0 Å². The monoisotopic (exact) mass is 376 g/mol. The van der Waals surface area contributed by atoms with Crippen molar-refractivity contribution in [2.24, 2.45) is 5.92 Å². The number of carbonyl (C=O) groups excluding carboxylic acids is 2.